The summed E-state index contributed by atoms with van der Waals surface area (Å²) in [6.45, 7) is 0. The molecule has 0 spiro atoms. The van der Waals surface area contributed by atoms with Crippen LogP contribution < -0.4 is 0 Å². The van der Waals surface area contributed by atoms with E-state index >= 15 is 4.39 Å². The monoisotopic (exact) mass is 374 g/mol. The van der Waals surface area contributed by atoms with Gasteiger partial charge in [-0.15, -0.1) is 11.8 Å². The van der Waals surface area contributed by atoms with Gasteiger partial charge in [0.05, 0.1) is 0 Å². The zero-order chi connectivity index (χ0) is 18.7. The fourth-order valence-electron chi connectivity index (χ4n) is 3.63. The minimum Gasteiger partial charge on any atom is -0.288 e. The lowest BCUT2D eigenvalue weighted by molar-refractivity contribution is 0.397. The van der Waals surface area contributed by atoms with E-state index in [9.17, 15) is 0 Å². The summed E-state index contributed by atoms with van der Waals surface area (Å²) in [6, 6.07) is 30.1. The molecule has 0 unspecified atom stereocenters. The molecule has 0 saturated heterocycles. The Kier molecular flexibility index (Phi) is 4.82. The van der Waals surface area contributed by atoms with Gasteiger partial charge in [0.15, 0.2) is 0 Å². The van der Waals surface area contributed by atoms with Gasteiger partial charge in [0, 0.05) is 6.20 Å². The van der Waals surface area contributed by atoms with E-state index in [1.54, 1.807) is 10.8 Å². The van der Waals surface area contributed by atoms with Gasteiger partial charge in [0.2, 0.25) is 0 Å². The number of hydrogen-bond acceptors (Lipinski definition) is 2. The topological polar surface area (TPSA) is 17.8 Å². The molecule has 0 amide bonds. The van der Waals surface area contributed by atoms with E-state index < -0.39 is 11.6 Å². The van der Waals surface area contributed by atoms with Crippen LogP contribution in [0.5, 0.6) is 0 Å². The molecule has 4 rings (SSSR count). The Balaban J connectivity index is 2.14. The number of benzene rings is 3. The van der Waals surface area contributed by atoms with Crippen molar-refractivity contribution in [3.63, 3.8) is 0 Å². The van der Waals surface area contributed by atoms with Crippen LogP contribution in [0.2, 0.25) is 0 Å². The molecule has 0 aliphatic carbocycles. The van der Waals surface area contributed by atoms with Crippen LogP contribution in [0.4, 0.5) is 4.39 Å². The number of aromatic nitrogens is 2. The van der Waals surface area contributed by atoms with E-state index in [0.29, 0.717) is 5.03 Å². The summed E-state index contributed by atoms with van der Waals surface area (Å²) in [5.74, 6) is 0. The van der Waals surface area contributed by atoms with Crippen molar-refractivity contribution in [2.45, 2.75) is 10.6 Å². The molecular formula is C23H19FN2S. The second kappa shape index (κ2) is 7.41. The SMILES string of the molecule is CSc1cn(C(c2ccccc2)(c2ccccc2)c2ccccc2)c(F)n1. The Hall–Kier alpha value is -2.85. The van der Waals surface area contributed by atoms with Gasteiger partial charge >= 0.3 is 0 Å². The van der Waals surface area contributed by atoms with Crippen molar-refractivity contribution in [3.8, 4) is 0 Å². The Morgan fingerprint density at radius 2 is 1.15 bits per heavy atom. The summed E-state index contributed by atoms with van der Waals surface area (Å²) in [7, 11) is 0. The average molecular weight is 374 g/mol. The van der Waals surface area contributed by atoms with Crippen molar-refractivity contribution in [1.82, 2.24) is 9.55 Å². The van der Waals surface area contributed by atoms with Gasteiger partial charge in [-0.3, -0.25) is 4.57 Å². The largest absolute Gasteiger partial charge is 0.291 e. The van der Waals surface area contributed by atoms with E-state index in [-0.39, 0.29) is 0 Å². The van der Waals surface area contributed by atoms with Gasteiger partial charge in [0.1, 0.15) is 10.6 Å². The first-order valence-electron chi connectivity index (χ1n) is 8.72. The van der Waals surface area contributed by atoms with Crippen LogP contribution in [-0.2, 0) is 5.54 Å². The molecule has 0 atom stereocenters. The summed E-state index contributed by atoms with van der Waals surface area (Å²) < 4.78 is 16.8. The van der Waals surface area contributed by atoms with E-state index in [4.69, 9.17) is 0 Å². The third-order valence-electron chi connectivity index (χ3n) is 4.79. The van der Waals surface area contributed by atoms with Gasteiger partial charge in [-0.25, -0.2) is 0 Å². The molecule has 0 bridgehead atoms. The predicted molar refractivity (Wildman–Crippen MR) is 109 cm³/mol. The second-order valence-corrected chi connectivity index (χ2v) is 7.06. The van der Waals surface area contributed by atoms with Crippen LogP contribution in [0.25, 0.3) is 0 Å². The lowest BCUT2D eigenvalue weighted by atomic mass is 9.77. The Morgan fingerprint density at radius 3 is 1.48 bits per heavy atom. The zero-order valence-corrected chi connectivity index (χ0v) is 15.7. The lowest BCUT2D eigenvalue weighted by Gasteiger charge is -2.37. The first-order chi connectivity index (χ1) is 13.3. The van der Waals surface area contributed by atoms with Gasteiger partial charge < -0.3 is 0 Å². The summed E-state index contributed by atoms with van der Waals surface area (Å²) >= 11 is 1.43. The van der Waals surface area contributed by atoms with Crippen LogP contribution >= 0.6 is 11.8 Å². The highest BCUT2D eigenvalue weighted by molar-refractivity contribution is 7.98. The third kappa shape index (κ3) is 2.96. The van der Waals surface area contributed by atoms with E-state index in [0.717, 1.165) is 16.7 Å². The summed E-state index contributed by atoms with van der Waals surface area (Å²) in [5.41, 5.74) is 2.08. The maximum atomic E-state index is 15.2. The van der Waals surface area contributed by atoms with Gasteiger partial charge in [-0.1, -0.05) is 91.0 Å². The van der Waals surface area contributed by atoms with Crippen molar-refractivity contribution in [3.05, 3.63) is 120 Å². The highest BCUT2D eigenvalue weighted by Crippen LogP contribution is 2.41. The first-order valence-corrected chi connectivity index (χ1v) is 9.95. The maximum absolute atomic E-state index is 15.2. The predicted octanol–water partition coefficient (Wildman–Crippen LogP) is 5.58. The average Bonchev–Trinajstić information content (AvgIpc) is 3.12. The lowest BCUT2D eigenvalue weighted by Crippen LogP contribution is -2.38. The minimum atomic E-state index is -0.852. The summed E-state index contributed by atoms with van der Waals surface area (Å²) in [5, 5.41) is 0.652. The van der Waals surface area contributed by atoms with Crippen molar-refractivity contribution in [1.29, 1.82) is 0 Å². The molecule has 1 aromatic heterocycles. The summed E-state index contributed by atoms with van der Waals surface area (Å²) in [4.78, 5) is 4.13. The fraction of sp³-hybridized carbons (Fsp3) is 0.0870. The molecule has 0 saturated carbocycles. The smallest absolute Gasteiger partial charge is 0.288 e. The maximum Gasteiger partial charge on any atom is 0.291 e. The molecule has 4 heteroatoms. The van der Waals surface area contributed by atoms with Crippen molar-refractivity contribution in [2.24, 2.45) is 0 Å². The van der Waals surface area contributed by atoms with Crippen LogP contribution in [0, 0.1) is 6.08 Å². The number of hydrogen-bond donors (Lipinski definition) is 0. The van der Waals surface area contributed by atoms with Crippen molar-refractivity contribution >= 4 is 11.8 Å². The molecule has 0 aliphatic rings. The van der Waals surface area contributed by atoms with Crippen LogP contribution in [0.1, 0.15) is 16.7 Å². The summed E-state index contributed by atoms with van der Waals surface area (Å²) in [6.07, 6.45) is 3.20. The number of imidazole rings is 1. The highest BCUT2D eigenvalue weighted by atomic mass is 32.2. The zero-order valence-electron chi connectivity index (χ0n) is 14.9. The van der Waals surface area contributed by atoms with E-state index in [1.807, 2.05) is 97.3 Å². The third-order valence-corrected chi connectivity index (χ3v) is 5.40. The Morgan fingerprint density at radius 1 is 0.741 bits per heavy atom. The second-order valence-electron chi connectivity index (χ2n) is 6.23. The van der Waals surface area contributed by atoms with Gasteiger partial charge in [-0.2, -0.15) is 9.37 Å². The molecule has 0 radical (unpaired) electrons. The molecule has 3 aromatic carbocycles. The van der Waals surface area contributed by atoms with E-state index in [2.05, 4.69) is 4.98 Å². The number of nitrogens with zero attached hydrogens (tertiary/aromatic N) is 2. The molecule has 0 aliphatic heterocycles. The van der Waals surface area contributed by atoms with Crippen LogP contribution in [-0.4, -0.2) is 15.8 Å². The quantitative estimate of drug-likeness (QED) is 0.335. The van der Waals surface area contributed by atoms with Gasteiger partial charge in [-0.05, 0) is 22.9 Å². The molecule has 27 heavy (non-hydrogen) atoms. The van der Waals surface area contributed by atoms with Gasteiger partial charge in [0.25, 0.3) is 6.08 Å². The Bertz CT molecular complexity index is 918. The fourth-order valence-corrected chi connectivity index (χ4v) is 4.00. The molecule has 0 N–H and O–H groups in total. The standard InChI is InChI=1S/C23H19FN2S/c1-27-21-17-26(22(24)25-21)23(18-11-5-2-6-12-18,19-13-7-3-8-14-19)20-15-9-4-10-16-20/h2-17H,1H3. The number of thioether (sulfide) groups is 1. The highest BCUT2D eigenvalue weighted by Gasteiger charge is 2.40. The number of halogens is 1. The van der Waals surface area contributed by atoms with Crippen LogP contribution in [0.15, 0.2) is 102 Å². The minimum absolute atomic E-state index is 0.504. The molecular weight excluding hydrogens is 355 g/mol. The molecule has 2 nitrogen and oxygen atoms in total. The molecule has 134 valence electrons. The van der Waals surface area contributed by atoms with Crippen LogP contribution in [0.3, 0.4) is 0 Å². The molecule has 1 heterocycles. The molecule has 0 fully saturated rings. The molecule has 4 aromatic rings. The normalized spacial score (nSPS) is 11.5. The Labute approximate surface area is 162 Å². The first kappa shape index (κ1) is 17.6. The van der Waals surface area contributed by atoms with Crippen molar-refractivity contribution < 1.29 is 4.39 Å². The van der Waals surface area contributed by atoms with Crippen molar-refractivity contribution in [2.75, 3.05) is 6.26 Å². The van der Waals surface area contributed by atoms with E-state index in [1.165, 1.54) is 11.8 Å². The number of rotatable bonds is 5.